The summed E-state index contributed by atoms with van der Waals surface area (Å²) in [7, 11) is 0. The van der Waals surface area contributed by atoms with Crippen LogP contribution in [-0.4, -0.2) is 28.6 Å². The van der Waals surface area contributed by atoms with E-state index < -0.39 is 6.10 Å². The summed E-state index contributed by atoms with van der Waals surface area (Å²) in [4.78, 5) is 15.2. The number of nitrogens with one attached hydrogen (secondary N) is 2. The molecule has 0 aliphatic heterocycles. The molecule has 0 radical (unpaired) electrons. The summed E-state index contributed by atoms with van der Waals surface area (Å²) in [5.74, 6) is -0.0548. The van der Waals surface area contributed by atoms with Gasteiger partial charge < -0.3 is 15.4 Å². The topological polar surface area (TPSA) is 65.1 Å². The summed E-state index contributed by atoms with van der Waals surface area (Å²) in [5.41, 5.74) is 3.88. The van der Waals surface area contributed by atoms with Crippen molar-refractivity contribution in [2.75, 3.05) is 6.54 Å². The fourth-order valence-corrected chi connectivity index (χ4v) is 2.11. The second-order valence-electron chi connectivity index (χ2n) is 5.67. The van der Waals surface area contributed by atoms with E-state index in [0.717, 1.165) is 10.9 Å². The third-order valence-corrected chi connectivity index (χ3v) is 3.83. The predicted octanol–water partition coefficient (Wildman–Crippen LogP) is 2.53. The number of rotatable bonds is 4. The highest BCUT2D eigenvalue weighted by atomic mass is 16.3. The molecule has 1 atom stereocenters. The lowest BCUT2D eigenvalue weighted by atomic mass is 10.1. The molecule has 0 fully saturated rings. The summed E-state index contributed by atoms with van der Waals surface area (Å²) in [6.45, 7) is 8.22. The summed E-state index contributed by atoms with van der Waals surface area (Å²) >= 11 is 0. The van der Waals surface area contributed by atoms with Crippen LogP contribution in [-0.2, 0) is 0 Å². The molecule has 2 rings (SSSR count). The SMILES string of the molecule is Cc1ccc2[nH]c(C(=O)NCC(O)C(C)C)cc2c1C. The molecule has 4 heteroatoms. The molecule has 0 bridgehead atoms. The second kappa shape index (κ2) is 5.67. The number of fused-ring (bicyclic) bond motifs is 1. The Morgan fingerprint density at radius 1 is 1.35 bits per heavy atom. The Balaban J connectivity index is 2.17. The van der Waals surface area contributed by atoms with Crippen LogP contribution in [0.25, 0.3) is 10.9 Å². The lowest BCUT2D eigenvalue weighted by molar-refractivity contribution is 0.0868. The first-order valence-corrected chi connectivity index (χ1v) is 6.95. The lowest BCUT2D eigenvalue weighted by Gasteiger charge is -2.14. The number of aliphatic hydroxyl groups excluding tert-OH is 1. The number of carbonyl (C=O) groups is 1. The Hall–Kier alpha value is -1.81. The fourth-order valence-electron chi connectivity index (χ4n) is 2.11. The highest BCUT2D eigenvalue weighted by Crippen LogP contribution is 2.22. The van der Waals surface area contributed by atoms with E-state index in [9.17, 15) is 9.90 Å². The largest absolute Gasteiger partial charge is 0.391 e. The number of aliphatic hydroxyl groups is 1. The van der Waals surface area contributed by atoms with Gasteiger partial charge in [0, 0.05) is 17.4 Å². The highest BCUT2D eigenvalue weighted by Gasteiger charge is 2.14. The maximum atomic E-state index is 12.1. The van der Waals surface area contributed by atoms with Gasteiger partial charge in [-0.25, -0.2) is 0 Å². The van der Waals surface area contributed by atoms with Crippen molar-refractivity contribution in [1.82, 2.24) is 10.3 Å². The minimum atomic E-state index is -0.521. The molecule has 108 valence electrons. The third-order valence-electron chi connectivity index (χ3n) is 3.83. The average Bonchev–Trinajstić information content (AvgIpc) is 2.84. The Labute approximate surface area is 119 Å². The van der Waals surface area contributed by atoms with Gasteiger partial charge in [-0.3, -0.25) is 4.79 Å². The molecule has 0 aliphatic carbocycles. The van der Waals surface area contributed by atoms with Crippen molar-refractivity contribution in [1.29, 1.82) is 0 Å². The van der Waals surface area contributed by atoms with E-state index in [4.69, 9.17) is 0 Å². The molecule has 1 amide bonds. The van der Waals surface area contributed by atoms with Gasteiger partial charge in [-0.05, 0) is 43.0 Å². The molecule has 1 aromatic carbocycles. The average molecular weight is 274 g/mol. The summed E-state index contributed by atoms with van der Waals surface area (Å²) in [6.07, 6.45) is -0.521. The second-order valence-corrected chi connectivity index (χ2v) is 5.67. The molecule has 1 aromatic heterocycles. The molecule has 0 spiro atoms. The number of aryl methyl sites for hydroxylation is 2. The molecule has 4 nitrogen and oxygen atoms in total. The van der Waals surface area contributed by atoms with Gasteiger partial charge in [0.05, 0.1) is 6.10 Å². The summed E-state index contributed by atoms with van der Waals surface area (Å²) in [6, 6.07) is 5.89. The van der Waals surface area contributed by atoms with Gasteiger partial charge in [0.2, 0.25) is 0 Å². The lowest BCUT2D eigenvalue weighted by Crippen LogP contribution is -2.34. The van der Waals surface area contributed by atoms with Crippen molar-refractivity contribution in [3.63, 3.8) is 0 Å². The van der Waals surface area contributed by atoms with Gasteiger partial charge in [-0.1, -0.05) is 19.9 Å². The number of hydrogen-bond donors (Lipinski definition) is 3. The van der Waals surface area contributed by atoms with Crippen LogP contribution in [0.4, 0.5) is 0 Å². The van der Waals surface area contributed by atoms with E-state index >= 15 is 0 Å². The standard InChI is InChI=1S/C16H22N2O2/c1-9(2)15(19)8-17-16(20)14-7-12-11(4)10(3)5-6-13(12)18-14/h5-7,9,15,18-19H,8H2,1-4H3,(H,17,20). The summed E-state index contributed by atoms with van der Waals surface area (Å²) in [5, 5.41) is 13.5. The van der Waals surface area contributed by atoms with Crippen LogP contribution >= 0.6 is 0 Å². The van der Waals surface area contributed by atoms with Crippen LogP contribution in [0.15, 0.2) is 18.2 Å². The number of aromatic amines is 1. The molecule has 1 heterocycles. The quantitative estimate of drug-likeness (QED) is 0.802. The normalized spacial score (nSPS) is 12.9. The van der Waals surface area contributed by atoms with Gasteiger partial charge in [-0.2, -0.15) is 0 Å². The monoisotopic (exact) mass is 274 g/mol. The van der Waals surface area contributed by atoms with E-state index in [0.29, 0.717) is 5.69 Å². The van der Waals surface area contributed by atoms with Gasteiger partial charge >= 0.3 is 0 Å². The minimum Gasteiger partial charge on any atom is -0.391 e. The minimum absolute atomic E-state index is 0.128. The van der Waals surface area contributed by atoms with Crippen molar-refractivity contribution in [2.24, 2.45) is 5.92 Å². The molecule has 0 saturated heterocycles. The Kier molecular flexibility index (Phi) is 4.14. The van der Waals surface area contributed by atoms with Crippen molar-refractivity contribution in [3.05, 3.63) is 35.0 Å². The van der Waals surface area contributed by atoms with Gasteiger partial charge in [0.1, 0.15) is 5.69 Å². The Bertz CT molecular complexity index is 629. The van der Waals surface area contributed by atoms with E-state index in [1.807, 2.05) is 32.0 Å². The van der Waals surface area contributed by atoms with E-state index in [2.05, 4.69) is 24.1 Å². The first kappa shape index (κ1) is 14.6. The number of hydrogen-bond acceptors (Lipinski definition) is 2. The van der Waals surface area contributed by atoms with Gasteiger partial charge in [-0.15, -0.1) is 0 Å². The van der Waals surface area contributed by atoms with E-state index in [1.54, 1.807) is 0 Å². The maximum absolute atomic E-state index is 12.1. The maximum Gasteiger partial charge on any atom is 0.267 e. The Morgan fingerprint density at radius 2 is 2.05 bits per heavy atom. The molecular weight excluding hydrogens is 252 g/mol. The molecule has 0 aliphatic rings. The zero-order chi connectivity index (χ0) is 14.9. The first-order chi connectivity index (χ1) is 9.40. The molecular formula is C16H22N2O2. The number of amides is 1. The van der Waals surface area contributed by atoms with Crippen molar-refractivity contribution in [3.8, 4) is 0 Å². The molecule has 0 saturated carbocycles. The zero-order valence-corrected chi connectivity index (χ0v) is 12.4. The first-order valence-electron chi connectivity index (χ1n) is 6.95. The Morgan fingerprint density at radius 3 is 2.70 bits per heavy atom. The molecule has 1 unspecified atom stereocenters. The summed E-state index contributed by atoms with van der Waals surface area (Å²) < 4.78 is 0. The van der Waals surface area contributed by atoms with Crippen LogP contribution < -0.4 is 5.32 Å². The molecule has 2 aromatic rings. The smallest absolute Gasteiger partial charge is 0.267 e. The predicted molar refractivity (Wildman–Crippen MR) is 81.0 cm³/mol. The number of H-pyrrole nitrogens is 1. The van der Waals surface area contributed by atoms with E-state index in [-0.39, 0.29) is 18.4 Å². The number of aromatic nitrogens is 1. The molecule has 3 N–H and O–H groups in total. The fraction of sp³-hybridized carbons (Fsp3) is 0.438. The number of carbonyl (C=O) groups excluding carboxylic acids is 1. The van der Waals surface area contributed by atoms with Crippen LogP contribution in [0.3, 0.4) is 0 Å². The van der Waals surface area contributed by atoms with Crippen molar-refractivity contribution < 1.29 is 9.90 Å². The van der Waals surface area contributed by atoms with Gasteiger partial charge in [0.25, 0.3) is 5.91 Å². The van der Waals surface area contributed by atoms with Gasteiger partial charge in [0.15, 0.2) is 0 Å². The van der Waals surface area contributed by atoms with Crippen LogP contribution in [0, 0.1) is 19.8 Å². The van der Waals surface area contributed by atoms with Crippen LogP contribution in [0.2, 0.25) is 0 Å². The number of benzene rings is 1. The third kappa shape index (κ3) is 2.85. The van der Waals surface area contributed by atoms with Crippen molar-refractivity contribution >= 4 is 16.8 Å². The van der Waals surface area contributed by atoms with Crippen molar-refractivity contribution in [2.45, 2.75) is 33.8 Å². The highest BCUT2D eigenvalue weighted by molar-refractivity contribution is 5.99. The zero-order valence-electron chi connectivity index (χ0n) is 12.4. The van der Waals surface area contributed by atoms with Crippen LogP contribution in [0.1, 0.15) is 35.5 Å². The van der Waals surface area contributed by atoms with E-state index in [1.165, 1.54) is 11.1 Å². The van der Waals surface area contributed by atoms with Crippen LogP contribution in [0.5, 0.6) is 0 Å². The molecule has 20 heavy (non-hydrogen) atoms.